The molecule has 3 aromatic heterocycles. The van der Waals surface area contributed by atoms with Crippen molar-refractivity contribution in [2.24, 2.45) is 0 Å². The van der Waals surface area contributed by atoms with Crippen LogP contribution in [0.2, 0.25) is 9.36 Å². The number of carbonyl (C=O) groups is 2. The van der Waals surface area contributed by atoms with Crippen LogP contribution in [-0.2, 0) is 23.1 Å². The number of sulfonamides is 1. The van der Waals surface area contributed by atoms with Gasteiger partial charge in [-0.25, -0.2) is 13.2 Å². The molecule has 0 aliphatic rings. The van der Waals surface area contributed by atoms with E-state index in [1.807, 2.05) is 0 Å². The fourth-order valence-electron chi connectivity index (χ4n) is 4.67. The van der Waals surface area contributed by atoms with Crippen LogP contribution >= 0.6 is 34.5 Å². The van der Waals surface area contributed by atoms with Crippen LogP contribution < -0.4 is 4.31 Å². The summed E-state index contributed by atoms with van der Waals surface area (Å²) in [5.41, 5.74) is 1.41. The zero-order valence-corrected chi connectivity index (χ0v) is 25.5. The average molecular weight is 648 g/mol. The van der Waals surface area contributed by atoms with Gasteiger partial charge in [-0.1, -0.05) is 23.2 Å². The van der Waals surface area contributed by atoms with E-state index in [-0.39, 0.29) is 41.8 Å². The molecule has 5 rings (SSSR count). The lowest BCUT2D eigenvalue weighted by atomic mass is 10.1. The molecule has 1 N–H and O–H groups in total. The maximum absolute atomic E-state index is 14.0. The maximum atomic E-state index is 14.0. The molecule has 0 spiro atoms. The van der Waals surface area contributed by atoms with Crippen LogP contribution in [0, 0.1) is 6.92 Å². The molecule has 2 aromatic carbocycles. The van der Waals surface area contributed by atoms with Crippen molar-refractivity contribution in [2.75, 3.05) is 10.8 Å². The molecule has 0 bridgehead atoms. The monoisotopic (exact) mass is 646 g/mol. The van der Waals surface area contributed by atoms with Gasteiger partial charge in [0, 0.05) is 29.1 Å². The summed E-state index contributed by atoms with van der Waals surface area (Å²) in [5, 5.41) is 10.2. The molecule has 13 heteroatoms. The number of aryl methyl sites for hydroxylation is 1. The van der Waals surface area contributed by atoms with Crippen LogP contribution in [-0.4, -0.2) is 36.8 Å². The van der Waals surface area contributed by atoms with Gasteiger partial charge in [0.2, 0.25) is 5.76 Å². The van der Waals surface area contributed by atoms with Crippen molar-refractivity contribution in [1.82, 2.24) is 4.90 Å². The predicted molar refractivity (Wildman–Crippen MR) is 161 cm³/mol. The summed E-state index contributed by atoms with van der Waals surface area (Å²) in [7, 11) is -4.15. The molecule has 42 heavy (non-hydrogen) atoms. The minimum Gasteiger partial charge on any atom is -0.475 e. The predicted octanol–water partition coefficient (Wildman–Crippen LogP) is 7.46. The molecule has 0 atom stereocenters. The van der Waals surface area contributed by atoms with Crippen molar-refractivity contribution in [1.29, 1.82) is 0 Å². The quantitative estimate of drug-likeness (QED) is 0.167. The summed E-state index contributed by atoms with van der Waals surface area (Å²) >= 11 is 13.6. The molecule has 0 aliphatic carbocycles. The molecule has 0 unspecified atom stereocenters. The highest BCUT2D eigenvalue weighted by molar-refractivity contribution is 7.92. The highest BCUT2D eigenvalue weighted by Crippen LogP contribution is 2.34. The van der Waals surface area contributed by atoms with Crippen LogP contribution in [0.4, 0.5) is 5.69 Å². The SMILES string of the molecule is CCN(c1ccc(Cl)cc1CN(Cc1ccco1)C(=O)c1ccc(Cl)s1)S(=O)(=O)c1ccc2oc(C(=O)O)c(C)c2c1. The topological polar surface area (TPSA) is 121 Å². The fraction of sp³-hybridized carbons (Fsp3) is 0.172. The second-order valence-electron chi connectivity index (χ2n) is 9.31. The number of carboxylic acids is 1. The number of carbonyl (C=O) groups excluding carboxylic acids is 1. The molecule has 0 fully saturated rings. The van der Waals surface area contributed by atoms with E-state index in [0.717, 1.165) is 11.3 Å². The Balaban J connectivity index is 1.55. The third-order valence-corrected chi connectivity index (χ3v) is 9.99. The van der Waals surface area contributed by atoms with Gasteiger partial charge in [-0.2, -0.15) is 0 Å². The minimum absolute atomic E-state index is 0.0127. The first-order chi connectivity index (χ1) is 20.0. The van der Waals surface area contributed by atoms with Gasteiger partial charge in [-0.3, -0.25) is 9.10 Å². The van der Waals surface area contributed by atoms with Gasteiger partial charge < -0.3 is 18.8 Å². The van der Waals surface area contributed by atoms with Crippen molar-refractivity contribution in [2.45, 2.75) is 31.8 Å². The second-order valence-corrected chi connectivity index (χ2v) is 13.3. The number of amides is 1. The maximum Gasteiger partial charge on any atom is 0.372 e. The standard InChI is InChI=1S/C29H24Cl2N2O7S2/c1-3-33(42(37,38)21-7-9-24-22(14-21)17(2)27(40-24)29(35)36)23-8-6-19(30)13-18(23)15-32(16-20-5-4-12-39-20)28(34)25-10-11-26(31)41-25/h4-14H,3,15-16H2,1-2H3,(H,35,36). The number of nitrogens with zero attached hydrogens (tertiary/aromatic N) is 2. The smallest absolute Gasteiger partial charge is 0.372 e. The van der Waals surface area contributed by atoms with Gasteiger partial charge in [0.1, 0.15) is 11.3 Å². The molecule has 9 nitrogen and oxygen atoms in total. The molecule has 3 heterocycles. The van der Waals surface area contributed by atoms with Crippen molar-refractivity contribution in [3.63, 3.8) is 0 Å². The third-order valence-electron chi connectivity index (χ3n) is 6.65. The number of carboxylic acid groups (broad SMARTS) is 1. The number of benzene rings is 2. The fourth-order valence-corrected chi connectivity index (χ4v) is 7.41. The summed E-state index contributed by atoms with van der Waals surface area (Å²) in [4.78, 5) is 27.0. The first kappa shape index (κ1) is 29.7. The molecule has 0 saturated heterocycles. The average Bonchev–Trinajstić information content (AvgIpc) is 3.70. The lowest BCUT2D eigenvalue weighted by Crippen LogP contribution is -2.34. The van der Waals surface area contributed by atoms with Crippen molar-refractivity contribution in [3.8, 4) is 0 Å². The largest absolute Gasteiger partial charge is 0.475 e. The van der Waals surface area contributed by atoms with Gasteiger partial charge >= 0.3 is 5.97 Å². The van der Waals surface area contributed by atoms with E-state index >= 15 is 0 Å². The number of thiophene rings is 1. The Morgan fingerprint density at radius 1 is 1.02 bits per heavy atom. The van der Waals surface area contributed by atoms with Gasteiger partial charge in [-0.15, -0.1) is 11.3 Å². The second kappa shape index (κ2) is 11.8. The third kappa shape index (κ3) is 5.78. The van der Waals surface area contributed by atoms with Gasteiger partial charge in [0.15, 0.2) is 0 Å². The molecule has 1 amide bonds. The molecule has 0 saturated carbocycles. The number of fused-ring (bicyclic) bond motifs is 1. The van der Waals surface area contributed by atoms with Crippen LogP contribution in [0.25, 0.3) is 11.0 Å². The zero-order chi connectivity index (χ0) is 30.2. The van der Waals surface area contributed by atoms with Crippen LogP contribution in [0.1, 0.15) is 44.0 Å². The van der Waals surface area contributed by atoms with E-state index in [2.05, 4.69) is 0 Å². The summed E-state index contributed by atoms with van der Waals surface area (Å²) in [6.07, 6.45) is 1.51. The number of hydrogen-bond acceptors (Lipinski definition) is 7. The number of rotatable bonds is 10. The van der Waals surface area contributed by atoms with E-state index < -0.39 is 16.0 Å². The van der Waals surface area contributed by atoms with E-state index in [1.165, 1.54) is 33.7 Å². The van der Waals surface area contributed by atoms with Gasteiger partial charge in [-0.05, 0) is 80.1 Å². The van der Waals surface area contributed by atoms with Crippen LogP contribution in [0.5, 0.6) is 0 Å². The first-order valence-corrected chi connectivity index (χ1v) is 15.7. The van der Waals surface area contributed by atoms with Crippen LogP contribution in [0.15, 0.2) is 80.7 Å². The lowest BCUT2D eigenvalue weighted by molar-refractivity contribution is 0.0663. The normalized spacial score (nSPS) is 11.6. The highest BCUT2D eigenvalue weighted by Gasteiger charge is 2.29. The Labute approximate surface area is 255 Å². The van der Waals surface area contributed by atoms with Gasteiger partial charge in [0.25, 0.3) is 15.9 Å². The van der Waals surface area contributed by atoms with Crippen molar-refractivity contribution >= 4 is 73.1 Å². The van der Waals surface area contributed by atoms with Gasteiger partial charge in [0.05, 0.1) is 32.6 Å². The van der Waals surface area contributed by atoms with E-state index in [9.17, 15) is 23.1 Å². The number of anilines is 1. The highest BCUT2D eigenvalue weighted by atomic mass is 35.5. The molecule has 218 valence electrons. The minimum atomic E-state index is -4.15. The molecular weight excluding hydrogens is 623 g/mol. The number of hydrogen-bond donors (Lipinski definition) is 1. The van der Waals surface area contributed by atoms with E-state index in [0.29, 0.717) is 42.2 Å². The van der Waals surface area contributed by atoms with E-state index in [1.54, 1.807) is 56.3 Å². The lowest BCUT2D eigenvalue weighted by Gasteiger charge is -2.28. The summed E-state index contributed by atoms with van der Waals surface area (Å²) < 4.78 is 40.7. The molecular formula is C29H24Cl2N2O7S2. The molecule has 5 aromatic rings. The summed E-state index contributed by atoms with van der Waals surface area (Å²) in [6, 6.07) is 15.8. The van der Waals surface area contributed by atoms with Crippen molar-refractivity contribution in [3.05, 3.63) is 104 Å². The Bertz CT molecular complexity index is 1900. The van der Waals surface area contributed by atoms with E-state index in [4.69, 9.17) is 32.0 Å². The Morgan fingerprint density at radius 3 is 2.45 bits per heavy atom. The molecule has 0 aliphatic heterocycles. The zero-order valence-electron chi connectivity index (χ0n) is 22.3. The number of furan rings is 2. The van der Waals surface area contributed by atoms with Crippen molar-refractivity contribution < 1.29 is 31.9 Å². The molecule has 0 radical (unpaired) electrons. The Hall–Kier alpha value is -3.77. The van der Waals surface area contributed by atoms with Crippen LogP contribution in [0.3, 0.4) is 0 Å². The number of aromatic carboxylic acids is 1. The summed E-state index contributed by atoms with van der Waals surface area (Å²) in [6.45, 7) is 3.45. The Kier molecular flexibility index (Phi) is 8.38. The summed E-state index contributed by atoms with van der Waals surface area (Å²) in [5.74, 6) is -1.26. The first-order valence-electron chi connectivity index (χ1n) is 12.6. The number of halogens is 2. The Morgan fingerprint density at radius 2 is 1.81 bits per heavy atom.